The number of aliphatic hydroxyl groups excluding tert-OH is 1. The van der Waals surface area contributed by atoms with E-state index in [9.17, 15) is 4.79 Å². The number of carbonyl (C=O) groups is 1. The molecule has 0 spiro atoms. The Hall–Kier alpha value is -0.220. The van der Waals surface area contributed by atoms with Gasteiger partial charge in [-0.05, 0) is 25.2 Å². The van der Waals surface area contributed by atoms with Gasteiger partial charge in [-0.2, -0.15) is 12.6 Å². The van der Waals surface area contributed by atoms with Crippen molar-refractivity contribution in [3.63, 3.8) is 0 Å². The van der Waals surface area contributed by atoms with Crippen LogP contribution in [-0.4, -0.2) is 40.9 Å². The van der Waals surface area contributed by atoms with Crippen molar-refractivity contribution in [3.05, 3.63) is 0 Å². The second-order valence-corrected chi connectivity index (χ2v) is 5.08. The number of hydrogen-bond acceptors (Lipinski definition) is 3. The lowest BCUT2D eigenvalue weighted by molar-refractivity contribution is -0.133. The van der Waals surface area contributed by atoms with Crippen LogP contribution in [-0.2, 0) is 4.79 Å². The Morgan fingerprint density at radius 2 is 2.29 bits per heavy atom. The van der Waals surface area contributed by atoms with Crippen LogP contribution in [0, 0.1) is 11.8 Å². The molecule has 3 unspecified atom stereocenters. The molecule has 1 saturated heterocycles. The molecule has 1 aliphatic heterocycles. The average Bonchev–Trinajstić information content (AvgIpc) is 2.15. The van der Waals surface area contributed by atoms with Crippen LogP contribution in [0.1, 0.15) is 20.3 Å². The number of thiol groups is 1. The first-order valence-electron chi connectivity index (χ1n) is 5.12. The third-order valence-corrected chi connectivity index (χ3v) is 2.89. The maximum Gasteiger partial charge on any atom is 0.235 e. The number of aliphatic hydroxyl groups is 1. The fraction of sp³-hybridized carbons (Fsp3) is 0.900. The number of rotatable bonds is 2. The Morgan fingerprint density at radius 1 is 1.64 bits per heavy atom. The van der Waals surface area contributed by atoms with Gasteiger partial charge < -0.3 is 10.0 Å². The van der Waals surface area contributed by atoms with E-state index in [-0.39, 0.29) is 23.7 Å². The maximum atomic E-state index is 11.7. The van der Waals surface area contributed by atoms with E-state index in [1.165, 1.54) is 0 Å². The molecule has 3 atom stereocenters. The van der Waals surface area contributed by atoms with Gasteiger partial charge in [0.05, 0.1) is 5.25 Å². The Kier molecular flexibility index (Phi) is 4.26. The summed E-state index contributed by atoms with van der Waals surface area (Å²) in [4.78, 5) is 13.5. The molecular formula is C10H19NO2S. The fourth-order valence-electron chi connectivity index (χ4n) is 2.06. The van der Waals surface area contributed by atoms with Crippen molar-refractivity contribution in [2.75, 3.05) is 19.7 Å². The molecule has 1 fully saturated rings. The van der Waals surface area contributed by atoms with Crippen LogP contribution in [0.15, 0.2) is 0 Å². The molecule has 4 heteroatoms. The molecule has 0 aliphatic carbocycles. The lowest BCUT2D eigenvalue weighted by Gasteiger charge is -2.36. The van der Waals surface area contributed by atoms with Gasteiger partial charge >= 0.3 is 0 Å². The van der Waals surface area contributed by atoms with Gasteiger partial charge in [-0.15, -0.1) is 0 Å². The van der Waals surface area contributed by atoms with Crippen LogP contribution in [0.2, 0.25) is 0 Å². The number of hydrogen-bond donors (Lipinski definition) is 2. The normalized spacial score (nSPS) is 30.1. The molecule has 0 bridgehead atoms. The van der Waals surface area contributed by atoms with Gasteiger partial charge in [-0.3, -0.25) is 4.79 Å². The zero-order valence-corrected chi connectivity index (χ0v) is 9.70. The summed E-state index contributed by atoms with van der Waals surface area (Å²) in [6.45, 7) is 5.57. The molecule has 3 nitrogen and oxygen atoms in total. The highest BCUT2D eigenvalue weighted by Crippen LogP contribution is 2.22. The van der Waals surface area contributed by atoms with E-state index in [0.29, 0.717) is 12.5 Å². The summed E-state index contributed by atoms with van der Waals surface area (Å²) in [5.41, 5.74) is 0. The Bertz CT molecular complexity index is 208. The number of nitrogens with zero attached hydrogens (tertiary/aromatic N) is 1. The lowest BCUT2D eigenvalue weighted by atomic mass is 9.91. The van der Waals surface area contributed by atoms with Crippen molar-refractivity contribution in [1.82, 2.24) is 4.90 Å². The van der Waals surface area contributed by atoms with Gasteiger partial charge in [0.1, 0.15) is 0 Å². The van der Waals surface area contributed by atoms with Crippen molar-refractivity contribution < 1.29 is 9.90 Å². The Morgan fingerprint density at radius 3 is 2.79 bits per heavy atom. The highest BCUT2D eigenvalue weighted by Gasteiger charge is 2.28. The molecular weight excluding hydrogens is 198 g/mol. The van der Waals surface area contributed by atoms with Crippen LogP contribution in [0.3, 0.4) is 0 Å². The topological polar surface area (TPSA) is 40.5 Å². The van der Waals surface area contributed by atoms with Crippen molar-refractivity contribution in [1.29, 1.82) is 0 Å². The monoisotopic (exact) mass is 217 g/mol. The van der Waals surface area contributed by atoms with Gasteiger partial charge in [0.25, 0.3) is 0 Å². The summed E-state index contributed by atoms with van der Waals surface area (Å²) in [6, 6.07) is 0. The molecule has 1 aliphatic rings. The van der Waals surface area contributed by atoms with Crippen LogP contribution in [0.5, 0.6) is 0 Å². The van der Waals surface area contributed by atoms with E-state index in [1.807, 2.05) is 4.90 Å². The molecule has 0 radical (unpaired) electrons. The van der Waals surface area contributed by atoms with E-state index in [4.69, 9.17) is 5.11 Å². The molecule has 1 rings (SSSR count). The molecule has 1 heterocycles. The maximum absolute atomic E-state index is 11.7. The predicted octanol–water partition coefficient (Wildman–Crippen LogP) is 0.782. The molecule has 1 N–H and O–H groups in total. The van der Waals surface area contributed by atoms with E-state index in [2.05, 4.69) is 19.6 Å². The predicted molar refractivity (Wildman–Crippen MR) is 59.4 cm³/mol. The van der Waals surface area contributed by atoms with E-state index >= 15 is 0 Å². The number of amides is 1. The quantitative estimate of drug-likeness (QED) is 0.671. The second-order valence-electron chi connectivity index (χ2n) is 4.31. The first-order valence-corrected chi connectivity index (χ1v) is 5.64. The van der Waals surface area contributed by atoms with Crippen LogP contribution in [0.25, 0.3) is 0 Å². The van der Waals surface area contributed by atoms with Gasteiger partial charge in [0, 0.05) is 19.7 Å². The van der Waals surface area contributed by atoms with Crippen LogP contribution >= 0.6 is 12.6 Å². The summed E-state index contributed by atoms with van der Waals surface area (Å²) < 4.78 is 0. The van der Waals surface area contributed by atoms with Crippen molar-refractivity contribution in [2.45, 2.75) is 25.5 Å². The summed E-state index contributed by atoms with van der Waals surface area (Å²) in [5.74, 6) is 0.810. The minimum atomic E-state index is -0.236. The molecule has 0 aromatic rings. The average molecular weight is 217 g/mol. The van der Waals surface area contributed by atoms with E-state index in [0.717, 1.165) is 13.0 Å². The van der Waals surface area contributed by atoms with Gasteiger partial charge in [-0.25, -0.2) is 0 Å². The molecule has 1 amide bonds. The molecule has 0 saturated carbocycles. The molecule has 0 aromatic heterocycles. The van der Waals surface area contributed by atoms with Crippen molar-refractivity contribution >= 4 is 18.5 Å². The third-order valence-electron chi connectivity index (χ3n) is 2.67. The smallest absolute Gasteiger partial charge is 0.235 e. The van der Waals surface area contributed by atoms with Crippen LogP contribution in [0.4, 0.5) is 0 Å². The minimum absolute atomic E-state index is 0.0818. The summed E-state index contributed by atoms with van der Waals surface area (Å²) >= 11 is 4.14. The molecule has 0 aromatic carbocycles. The van der Waals surface area contributed by atoms with E-state index in [1.54, 1.807) is 6.92 Å². The zero-order valence-electron chi connectivity index (χ0n) is 8.81. The van der Waals surface area contributed by atoms with Gasteiger partial charge in [-0.1, -0.05) is 6.92 Å². The summed E-state index contributed by atoms with van der Waals surface area (Å²) in [6.07, 6.45) is 1.02. The highest BCUT2D eigenvalue weighted by atomic mass is 32.1. The first kappa shape index (κ1) is 11.9. The summed E-state index contributed by atoms with van der Waals surface area (Å²) in [7, 11) is 0. The van der Waals surface area contributed by atoms with E-state index < -0.39 is 0 Å². The largest absolute Gasteiger partial charge is 0.396 e. The number of piperidine rings is 1. The van der Waals surface area contributed by atoms with Gasteiger partial charge in [0.2, 0.25) is 5.91 Å². The third kappa shape index (κ3) is 2.89. The zero-order chi connectivity index (χ0) is 10.7. The van der Waals surface area contributed by atoms with Crippen molar-refractivity contribution in [3.8, 4) is 0 Å². The Labute approximate surface area is 90.9 Å². The summed E-state index contributed by atoms with van der Waals surface area (Å²) in [5, 5.41) is 8.85. The minimum Gasteiger partial charge on any atom is -0.396 e. The number of carbonyl (C=O) groups excluding carboxylic acids is 1. The lowest BCUT2D eigenvalue weighted by Crippen LogP contribution is -2.46. The standard InChI is InChI=1S/C10H19NO2S/c1-7-3-9(6-12)5-11(4-7)10(13)8(2)14/h7-9,12,14H,3-6H2,1-2H3. The number of likely N-dealkylation sites (tertiary alicyclic amines) is 1. The SMILES string of the molecule is CC1CC(CO)CN(C(=O)C(C)S)C1. The highest BCUT2D eigenvalue weighted by molar-refractivity contribution is 7.81. The molecule has 82 valence electrons. The first-order chi connectivity index (χ1) is 6.54. The van der Waals surface area contributed by atoms with Crippen LogP contribution < -0.4 is 0 Å². The second kappa shape index (κ2) is 5.03. The van der Waals surface area contributed by atoms with Crippen molar-refractivity contribution in [2.24, 2.45) is 11.8 Å². The van der Waals surface area contributed by atoms with Gasteiger partial charge in [0.15, 0.2) is 0 Å². The fourth-order valence-corrected chi connectivity index (χ4v) is 2.22. The Balaban J connectivity index is 2.57. The molecule has 14 heavy (non-hydrogen) atoms.